The largest absolute Gasteiger partial charge is 0.310 e. The highest BCUT2D eigenvalue weighted by Gasteiger charge is 2.16. The molecule has 0 spiro atoms. The van der Waals surface area contributed by atoms with E-state index in [0.717, 1.165) is 34.7 Å². The van der Waals surface area contributed by atoms with Crippen LogP contribution in [-0.2, 0) is 4.79 Å². The molecule has 3 aromatic rings. The van der Waals surface area contributed by atoms with Gasteiger partial charge < -0.3 is 5.32 Å². The third-order valence-corrected chi connectivity index (χ3v) is 4.01. The van der Waals surface area contributed by atoms with Crippen LogP contribution in [0.15, 0.2) is 36.5 Å². The van der Waals surface area contributed by atoms with Crippen LogP contribution in [0.3, 0.4) is 0 Å². The van der Waals surface area contributed by atoms with E-state index in [1.807, 2.05) is 36.6 Å². The van der Waals surface area contributed by atoms with Crippen LogP contribution < -0.4 is 5.32 Å². The summed E-state index contributed by atoms with van der Waals surface area (Å²) in [7, 11) is 0. The molecule has 0 unspecified atom stereocenters. The number of hydrogen-bond donors (Lipinski definition) is 1. The van der Waals surface area contributed by atoms with E-state index >= 15 is 0 Å². The maximum absolute atomic E-state index is 12.2. The van der Waals surface area contributed by atoms with Gasteiger partial charge in [0, 0.05) is 18.2 Å². The van der Waals surface area contributed by atoms with Gasteiger partial charge in [-0.15, -0.1) is 0 Å². The first-order valence-corrected chi connectivity index (χ1v) is 8.35. The highest BCUT2D eigenvalue weighted by molar-refractivity contribution is 5.94. The Morgan fingerprint density at radius 2 is 1.79 bits per heavy atom. The predicted octanol–water partition coefficient (Wildman–Crippen LogP) is 4.67. The Bertz CT molecular complexity index is 888. The summed E-state index contributed by atoms with van der Waals surface area (Å²) in [5, 5.41) is 3.05. The summed E-state index contributed by atoms with van der Waals surface area (Å²) in [6.07, 6.45) is 3.29. The predicted molar refractivity (Wildman–Crippen MR) is 98.4 cm³/mol. The molecule has 0 aliphatic heterocycles. The second-order valence-corrected chi connectivity index (χ2v) is 6.42. The van der Waals surface area contributed by atoms with Crippen LogP contribution in [0.25, 0.3) is 16.9 Å². The number of fused-ring (bicyclic) bond motifs is 1. The van der Waals surface area contributed by atoms with Crippen molar-refractivity contribution in [3.63, 3.8) is 0 Å². The van der Waals surface area contributed by atoms with Crippen LogP contribution in [0, 0.1) is 20.8 Å². The molecule has 2 heterocycles. The van der Waals surface area contributed by atoms with Crippen molar-refractivity contribution in [1.82, 2.24) is 9.38 Å². The van der Waals surface area contributed by atoms with Crippen LogP contribution in [0.5, 0.6) is 0 Å². The fourth-order valence-corrected chi connectivity index (χ4v) is 3.00. The number of imidazole rings is 1. The summed E-state index contributed by atoms with van der Waals surface area (Å²) in [4.78, 5) is 17.0. The van der Waals surface area contributed by atoms with E-state index in [1.54, 1.807) is 0 Å². The summed E-state index contributed by atoms with van der Waals surface area (Å²) in [6.45, 7) is 8.19. The van der Waals surface area contributed by atoms with Gasteiger partial charge in [-0.3, -0.25) is 9.20 Å². The van der Waals surface area contributed by atoms with Crippen molar-refractivity contribution in [1.29, 1.82) is 0 Å². The molecule has 1 N–H and O–H groups in total. The molecule has 3 rings (SSSR count). The Hall–Kier alpha value is -2.62. The van der Waals surface area contributed by atoms with Gasteiger partial charge in [0.2, 0.25) is 5.91 Å². The summed E-state index contributed by atoms with van der Waals surface area (Å²) in [5.41, 5.74) is 6.20. The average Bonchev–Trinajstić information content (AvgIpc) is 2.84. The molecule has 0 fully saturated rings. The van der Waals surface area contributed by atoms with E-state index in [0.29, 0.717) is 6.42 Å². The second kappa shape index (κ2) is 6.48. The van der Waals surface area contributed by atoms with Crippen molar-refractivity contribution in [2.24, 2.45) is 0 Å². The number of amides is 1. The van der Waals surface area contributed by atoms with Crippen LogP contribution in [0.1, 0.15) is 36.5 Å². The lowest BCUT2D eigenvalue weighted by molar-refractivity contribution is -0.116. The van der Waals surface area contributed by atoms with Gasteiger partial charge in [0.05, 0.1) is 0 Å². The molecule has 4 nitrogen and oxygen atoms in total. The maximum Gasteiger partial charge on any atom is 0.225 e. The zero-order valence-corrected chi connectivity index (χ0v) is 14.7. The number of benzene rings is 1. The molecule has 124 valence electrons. The molecule has 0 saturated carbocycles. The van der Waals surface area contributed by atoms with Gasteiger partial charge >= 0.3 is 0 Å². The van der Waals surface area contributed by atoms with Crippen molar-refractivity contribution in [2.75, 3.05) is 5.32 Å². The minimum atomic E-state index is 0.0190. The first-order chi connectivity index (χ1) is 11.5. The Kier molecular flexibility index (Phi) is 4.38. The zero-order valence-electron chi connectivity index (χ0n) is 14.7. The van der Waals surface area contributed by atoms with E-state index in [2.05, 4.69) is 37.4 Å². The van der Waals surface area contributed by atoms with E-state index in [1.165, 1.54) is 11.1 Å². The number of nitrogens with one attached hydrogen (secondary N) is 1. The molecule has 0 aliphatic rings. The first-order valence-electron chi connectivity index (χ1n) is 8.35. The van der Waals surface area contributed by atoms with Gasteiger partial charge in [-0.1, -0.05) is 24.1 Å². The highest BCUT2D eigenvalue weighted by atomic mass is 16.1. The topological polar surface area (TPSA) is 46.4 Å². The summed E-state index contributed by atoms with van der Waals surface area (Å²) >= 11 is 0. The van der Waals surface area contributed by atoms with Gasteiger partial charge in [-0.2, -0.15) is 0 Å². The van der Waals surface area contributed by atoms with E-state index in [-0.39, 0.29) is 5.91 Å². The molecule has 1 amide bonds. The number of anilines is 1. The third-order valence-electron chi connectivity index (χ3n) is 4.01. The fraction of sp³-hybridized carbons (Fsp3) is 0.300. The Morgan fingerprint density at radius 3 is 2.46 bits per heavy atom. The van der Waals surface area contributed by atoms with Crippen LogP contribution >= 0.6 is 0 Å². The Balaban J connectivity index is 2.19. The number of rotatable bonds is 4. The highest BCUT2D eigenvalue weighted by Crippen LogP contribution is 2.30. The van der Waals surface area contributed by atoms with Crippen molar-refractivity contribution < 1.29 is 4.79 Å². The molecule has 2 aromatic heterocycles. The standard InChI is InChI=1S/C20H23N3O/c1-5-6-18(24)22-20-19(16-10-14(3)9-15(4)11-16)21-17-12-13(2)7-8-23(17)20/h7-12H,5-6H2,1-4H3,(H,22,24). The zero-order chi connectivity index (χ0) is 17.3. The van der Waals surface area contributed by atoms with Crippen molar-refractivity contribution >= 4 is 17.4 Å². The normalized spacial score (nSPS) is 11.0. The van der Waals surface area contributed by atoms with Crippen LogP contribution in [0.2, 0.25) is 0 Å². The molecule has 4 heteroatoms. The third kappa shape index (κ3) is 3.18. The van der Waals surface area contributed by atoms with Crippen molar-refractivity contribution in [3.8, 4) is 11.3 Å². The molecule has 0 bridgehead atoms. The number of hydrogen-bond acceptors (Lipinski definition) is 2. The lowest BCUT2D eigenvalue weighted by Crippen LogP contribution is -2.13. The lowest BCUT2D eigenvalue weighted by atomic mass is 10.0. The Morgan fingerprint density at radius 1 is 1.08 bits per heavy atom. The molecular formula is C20H23N3O. The SMILES string of the molecule is CCCC(=O)Nc1c(-c2cc(C)cc(C)c2)nc2cc(C)ccn12. The summed E-state index contributed by atoms with van der Waals surface area (Å²) in [5.74, 6) is 0.763. The number of aryl methyl sites for hydroxylation is 3. The average molecular weight is 321 g/mol. The summed E-state index contributed by atoms with van der Waals surface area (Å²) < 4.78 is 1.95. The second-order valence-electron chi connectivity index (χ2n) is 6.42. The minimum Gasteiger partial charge on any atom is -0.310 e. The van der Waals surface area contributed by atoms with Crippen LogP contribution in [0.4, 0.5) is 5.82 Å². The van der Waals surface area contributed by atoms with Crippen LogP contribution in [-0.4, -0.2) is 15.3 Å². The Labute approximate surface area is 142 Å². The maximum atomic E-state index is 12.2. The fourth-order valence-electron chi connectivity index (χ4n) is 3.00. The van der Waals surface area contributed by atoms with Gasteiger partial charge in [0.1, 0.15) is 17.2 Å². The molecule has 0 aliphatic carbocycles. The smallest absolute Gasteiger partial charge is 0.225 e. The van der Waals surface area contributed by atoms with Crippen molar-refractivity contribution in [2.45, 2.75) is 40.5 Å². The van der Waals surface area contributed by atoms with Gasteiger partial charge in [0.15, 0.2) is 0 Å². The van der Waals surface area contributed by atoms with Crippen molar-refractivity contribution in [3.05, 3.63) is 53.2 Å². The molecular weight excluding hydrogens is 298 g/mol. The molecule has 0 saturated heterocycles. The summed E-state index contributed by atoms with van der Waals surface area (Å²) in [6, 6.07) is 10.4. The molecule has 0 radical (unpaired) electrons. The van der Waals surface area contributed by atoms with Gasteiger partial charge in [-0.05, 0) is 57.0 Å². The number of aromatic nitrogens is 2. The number of pyridine rings is 1. The quantitative estimate of drug-likeness (QED) is 0.759. The molecule has 1 aromatic carbocycles. The number of carbonyl (C=O) groups excluding carboxylic acids is 1. The first kappa shape index (κ1) is 16.2. The van der Waals surface area contributed by atoms with Gasteiger partial charge in [-0.25, -0.2) is 4.98 Å². The number of nitrogens with zero attached hydrogens (tertiary/aromatic N) is 2. The van der Waals surface area contributed by atoms with E-state index in [9.17, 15) is 4.79 Å². The number of carbonyl (C=O) groups is 1. The van der Waals surface area contributed by atoms with Gasteiger partial charge in [0.25, 0.3) is 0 Å². The van der Waals surface area contributed by atoms with E-state index in [4.69, 9.17) is 4.98 Å². The van der Waals surface area contributed by atoms with E-state index < -0.39 is 0 Å². The minimum absolute atomic E-state index is 0.0190. The molecule has 0 atom stereocenters. The monoisotopic (exact) mass is 321 g/mol. The lowest BCUT2D eigenvalue weighted by Gasteiger charge is -2.08. The molecule has 24 heavy (non-hydrogen) atoms.